The summed E-state index contributed by atoms with van der Waals surface area (Å²) in [6.07, 6.45) is 4.27. The highest BCUT2D eigenvalue weighted by atomic mass is 32.2. The van der Waals surface area contributed by atoms with Crippen LogP contribution in [0.15, 0.2) is 33.6 Å². The summed E-state index contributed by atoms with van der Waals surface area (Å²) in [5, 5.41) is 2.75. The Morgan fingerprint density at radius 2 is 1.88 bits per heavy atom. The van der Waals surface area contributed by atoms with E-state index in [9.17, 15) is 18.0 Å². The van der Waals surface area contributed by atoms with Gasteiger partial charge in [0.1, 0.15) is 17.5 Å². The van der Waals surface area contributed by atoms with Crippen molar-refractivity contribution < 1.29 is 22.7 Å². The second-order valence-corrected chi connectivity index (χ2v) is 11.2. The first kappa shape index (κ1) is 25.0. The SMILES string of the molecule is CN1CCCCC/C1=N\S(=O)(=O)c1cccc(NC(=O)C2CCCN2C(=O)OC(C)(C)C)c1. The van der Waals surface area contributed by atoms with Crippen molar-refractivity contribution in [2.75, 3.05) is 25.5 Å². The highest BCUT2D eigenvalue weighted by molar-refractivity contribution is 7.90. The minimum atomic E-state index is -3.92. The molecule has 0 saturated carbocycles. The fraction of sp³-hybridized carbons (Fsp3) is 0.609. The molecule has 10 heteroatoms. The number of sulfonamides is 1. The number of likely N-dealkylation sites (tertiary alicyclic amines) is 2. The molecule has 0 radical (unpaired) electrons. The van der Waals surface area contributed by atoms with Crippen molar-refractivity contribution in [2.45, 2.75) is 75.8 Å². The number of rotatable bonds is 4. The van der Waals surface area contributed by atoms with Crippen LogP contribution in [-0.4, -0.2) is 67.8 Å². The fourth-order valence-corrected chi connectivity index (χ4v) is 5.11. The molecular weight excluding hydrogens is 444 g/mol. The Balaban J connectivity index is 1.74. The Hall–Kier alpha value is -2.62. The van der Waals surface area contributed by atoms with E-state index in [1.54, 1.807) is 32.9 Å². The summed E-state index contributed by atoms with van der Waals surface area (Å²) in [6.45, 7) is 6.54. The van der Waals surface area contributed by atoms with Gasteiger partial charge >= 0.3 is 6.09 Å². The average molecular weight is 479 g/mol. The first-order chi connectivity index (χ1) is 15.5. The maximum atomic E-state index is 12.9. The van der Waals surface area contributed by atoms with Gasteiger partial charge in [-0.25, -0.2) is 4.79 Å². The number of carbonyl (C=O) groups excluding carboxylic acids is 2. The topological polar surface area (TPSA) is 108 Å². The number of hydrogen-bond acceptors (Lipinski definition) is 5. The molecule has 2 heterocycles. The lowest BCUT2D eigenvalue weighted by atomic mass is 10.2. The predicted molar refractivity (Wildman–Crippen MR) is 127 cm³/mol. The third-order valence-corrected chi connectivity index (χ3v) is 6.94. The lowest BCUT2D eigenvalue weighted by Gasteiger charge is -2.28. The molecule has 0 bridgehead atoms. The number of anilines is 1. The second kappa shape index (κ2) is 10.1. The van der Waals surface area contributed by atoms with E-state index in [0.717, 1.165) is 25.8 Å². The van der Waals surface area contributed by atoms with E-state index < -0.39 is 27.8 Å². The van der Waals surface area contributed by atoms with E-state index in [-0.39, 0.29) is 10.8 Å². The fourth-order valence-electron chi connectivity index (χ4n) is 3.97. The number of nitrogens with zero attached hydrogens (tertiary/aromatic N) is 3. The van der Waals surface area contributed by atoms with Crippen LogP contribution in [0.3, 0.4) is 0 Å². The third-order valence-electron chi connectivity index (χ3n) is 5.64. The zero-order valence-corrected chi connectivity index (χ0v) is 20.7. The van der Waals surface area contributed by atoms with Crippen molar-refractivity contribution in [3.63, 3.8) is 0 Å². The summed E-state index contributed by atoms with van der Waals surface area (Å²) in [7, 11) is -2.06. The number of ether oxygens (including phenoxy) is 1. The van der Waals surface area contributed by atoms with Crippen molar-refractivity contribution in [3.8, 4) is 0 Å². The molecule has 2 aliphatic heterocycles. The summed E-state index contributed by atoms with van der Waals surface area (Å²) in [4.78, 5) is 28.7. The molecule has 2 amide bonds. The van der Waals surface area contributed by atoms with Crippen LogP contribution in [0, 0.1) is 0 Å². The highest BCUT2D eigenvalue weighted by Crippen LogP contribution is 2.24. The molecule has 33 heavy (non-hydrogen) atoms. The molecular formula is C23H34N4O5S. The summed E-state index contributed by atoms with van der Waals surface area (Å²) >= 11 is 0. The first-order valence-electron chi connectivity index (χ1n) is 11.4. The van der Waals surface area contributed by atoms with E-state index in [1.807, 2.05) is 11.9 Å². The van der Waals surface area contributed by atoms with Crippen molar-refractivity contribution >= 4 is 33.5 Å². The van der Waals surface area contributed by atoms with Crippen LogP contribution in [0.25, 0.3) is 0 Å². The van der Waals surface area contributed by atoms with Gasteiger partial charge in [-0.1, -0.05) is 12.5 Å². The molecule has 1 N–H and O–H groups in total. The zero-order valence-electron chi connectivity index (χ0n) is 19.8. The van der Waals surface area contributed by atoms with E-state index in [1.165, 1.54) is 17.0 Å². The lowest BCUT2D eigenvalue weighted by Crippen LogP contribution is -2.45. The first-order valence-corrected chi connectivity index (χ1v) is 12.9. The molecule has 2 aliphatic rings. The molecule has 3 rings (SSSR count). The minimum Gasteiger partial charge on any atom is -0.444 e. The predicted octanol–water partition coefficient (Wildman–Crippen LogP) is 3.62. The van der Waals surface area contributed by atoms with Gasteiger partial charge in [0, 0.05) is 32.2 Å². The Bertz CT molecular complexity index is 1020. The lowest BCUT2D eigenvalue weighted by molar-refractivity contribution is -0.120. The molecule has 1 unspecified atom stereocenters. The van der Waals surface area contributed by atoms with Crippen LogP contribution < -0.4 is 5.32 Å². The van der Waals surface area contributed by atoms with Crippen LogP contribution >= 0.6 is 0 Å². The molecule has 2 fully saturated rings. The molecule has 9 nitrogen and oxygen atoms in total. The van der Waals surface area contributed by atoms with Crippen LogP contribution in [-0.2, 0) is 19.6 Å². The quantitative estimate of drug-likeness (QED) is 0.708. The van der Waals surface area contributed by atoms with E-state index in [4.69, 9.17) is 4.74 Å². The van der Waals surface area contributed by atoms with E-state index >= 15 is 0 Å². The minimum absolute atomic E-state index is 0.0147. The van der Waals surface area contributed by atoms with Crippen molar-refractivity contribution in [2.24, 2.45) is 4.40 Å². The van der Waals surface area contributed by atoms with Gasteiger partial charge in [-0.2, -0.15) is 8.42 Å². The summed E-state index contributed by atoms with van der Waals surface area (Å²) in [5.41, 5.74) is -0.317. The average Bonchev–Trinajstić information content (AvgIpc) is 3.13. The van der Waals surface area contributed by atoms with Gasteiger partial charge in [0.25, 0.3) is 10.0 Å². The van der Waals surface area contributed by atoms with Crippen molar-refractivity contribution in [1.29, 1.82) is 0 Å². The number of carbonyl (C=O) groups is 2. The Morgan fingerprint density at radius 3 is 2.61 bits per heavy atom. The van der Waals surface area contributed by atoms with Gasteiger partial charge in [-0.15, -0.1) is 4.40 Å². The molecule has 0 aromatic heterocycles. The van der Waals surface area contributed by atoms with Gasteiger partial charge in [0.15, 0.2) is 0 Å². The number of amidine groups is 1. The van der Waals surface area contributed by atoms with Crippen LogP contribution in [0.5, 0.6) is 0 Å². The normalized spacial score (nSPS) is 21.1. The Morgan fingerprint density at radius 1 is 1.12 bits per heavy atom. The van der Waals surface area contributed by atoms with Gasteiger partial charge in [-0.3, -0.25) is 9.69 Å². The number of benzene rings is 1. The number of hydrogen-bond donors (Lipinski definition) is 1. The molecule has 1 atom stereocenters. The zero-order chi connectivity index (χ0) is 24.2. The molecule has 1 aromatic rings. The largest absolute Gasteiger partial charge is 0.444 e. The second-order valence-electron chi connectivity index (χ2n) is 9.56. The number of nitrogens with one attached hydrogen (secondary N) is 1. The summed E-state index contributed by atoms with van der Waals surface area (Å²) in [6, 6.07) is 5.39. The summed E-state index contributed by atoms with van der Waals surface area (Å²) in [5.74, 6) is 0.184. The molecule has 0 spiro atoms. The Labute approximate surface area is 196 Å². The van der Waals surface area contributed by atoms with E-state index in [2.05, 4.69) is 9.71 Å². The Kier molecular flexibility index (Phi) is 7.66. The number of amides is 2. The highest BCUT2D eigenvalue weighted by Gasteiger charge is 2.36. The standard InChI is InChI=1S/C23H34N4O5S/c1-23(2,3)32-22(29)27-15-9-12-19(27)21(28)24-17-10-8-11-18(16-17)33(30,31)25-20-13-6-5-7-14-26(20)4/h8,10-11,16,19H,5-7,9,12-15H2,1-4H3,(H,24,28)/b25-20+. The van der Waals surface area contributed by atoms with Crippen LogP contribution in [0.1, 0.15) is 59.3 Å². The maximum Gasteiger partial charge on any atom is 0.410 e. The maximum absolute atomic E-state index is 12.9. The van der Waals surface area contributed by atoms with Gasteiger partial charge in [0.2, 0.25) is 5.91 Å². The third kappa shape index (κ3) is 6.69. The molecule has 0 aliphatic carbocycles. The smallest absolute Gasteiger partial charge is 0.410 e. The van der Waals surface area contributed by atoms with Crippen LogP contribution in [0.2, 0.25) is 0 Å². The van der Waals surface area contributed by atoms with Crippen LogP contribution in [0.4, 0.5) is 10.5 Å². The molecule has 1 aromatic carbocycles. The van der Waals surface area contributed by atoms with Crippen molar-refractivity contribution in [3.05, 3.63) is 24.3 Å². The van der Waals surface area contributed by atoms with Gasteiger partial charge < -0.3 is 15.0 Å². The van der Waals surface area contributed by atoms with E-state index in [0.29, 0.717) is 37.3 Å². The summed E-state index contributed by atoms with van der Waals surface area (Å²) < 4.78 is 35.4. The molecule has 182 valence electrons. The van der Waals surface area contributed by atoms with Gasteiger partial charge in [0.05, 0.1) is 4.90 Å². The molecule has 2 saturated heterocycles. The monoisotopic (exact) mass is 478 g/mol. The van der Waals surface area contributed by atoms with Crippen molar-refractivity contribution in [1.82, 2.24) is 9.80 Å². The van der Waals surface area contributed by atoms with Gasteiger partial charge in [-0.05, 0) is 64.7 Å².